The molecule has 302 valence electrons. The fraction of sp³-hybridized carbons (Fsp3) is 0.0678. The van der Waals surface area contributed by atoms with Crippen LogP contribution in [0.3, 0.4) is 0 Å². The van der Waals surface area contributed by atoms with E-state index in [0.29, 0.717) is 23.4 Å². The van der Waals surface area contributed by atoms with E-state index >= 15 is 0 Å². The molecule has 2 aliphatic rings. The van der Waals surface area contributed by atoms with Gasteiger partial charge in [0.2, 0.25) is 0 Å². The molecule has 2 atom stereocenters. The minimum atomic E-state index is 0.275. The zero-order valence-electron chi connectivity index (χ0n) is 35.1. The highest BCUT2D eigenvalue weighted by atomic mass is 16.3. The van der Waals surface area contributed by atoms with Crippen LogP contribution in [0.25, 0.3) is 110 Å². The van der Waals surface area contributed by atoms with E-state index in [1.54, 1.807) is 0 Å². The lowest BCUT2D eigenvalue weighted by atomic mass is 9.84. The van der Waals surface area contributed by atoms with Crippen molar-refractivity contribution in [1.29, 1.82) is 0 Å². The highest BCUT2D eigenvalue weighted by Gasteiger charge is 2.24. The predicted molar refractivity (Wildman–Crippen MR) is 264 cm³/mol. The molecule has 0 fully saturated rings. The van der Waals surface area contributed by atoms with E-state index in [2.05, 4.69) is 200 Å². The Morgan fingerprint density at radius 3 is 2.20 bits per heavy atom. The molecule has 0 spiro atoms. The number of hydrogen-bond acceptors (Lipinski definition) is 4. The molecule has 0 radical (unpaired) electrons. The molecule has 8 aromatic carbocycles. The number of hydrogen-bond donors (Lipinski definition) is 0. The Bertz CT molecular complexity index is 3840. The SMILES string of the molecule is C[C@H]1C=CC=C1C1C=C(c2nc(-c3ccc4ccccc4c3)nc(-c3cccc4oc5ccc(-n6c7ccccc7c7c8ccccc8c(-c8ccccc8)cc76)cc5c34)n2)C=CC1. The van der Waals surface area contributed by atoms with E-state index in [4.69, 9.17) is 19.4 Å². The Morgan fingerprint density at radius 2 is 1.33 bits per heavy atom. The quantitative estimate of drug-likeness (QED) is 0.168. The van der Waals surface area contributed by atoms with Gasteiger partial charge in [-0.2, -0.15) is 0 Å². The summed E-state index contributed by atoms with van der Waals surface area (Å²) in [5, 5.41) is 9.21. The van der Waals surface area contributed by atoms with Crippen LogP contribution in [-0.4, -0.2) is 19.5 Å². The Hall–Kier alpha value is -8.15. The zero-order chi connectivity index (χ0) is 42.3. The lowest BCUT2D eigenvalue weighted by molar-refractivity contribution is 0.669. The van der Waals surface area contributed by atoms with Crippen LogP contribution in [0.5, 0.6) is 0 Å². The summed E-state index contributed by atoms with van der Waals surface area (Å²) >= 11 is 0. The molecule has 1 unspecified atom stereocenters. The van der Waals surface area contributed by atoms with Crippen molar-refractivity contribution in [3.63, 3.8) is 0 Å². The summed E-state index contributed by atoms with van der Waals surface area (Å²) < 4.78 is 9.09. The first-order valence-corrected chi connectivity index (χ1v) is 22.1. The summed E-state index contributed by atoms with van der Waals surface area (Å²) in [5.41, 5.74) is 11.6. The van der Waals surface area contributed by atoms with Crippen molar-refractivity contribution in [2.45, 2.75) is 13.3 Å². The molecule has 0 saturated carbocycles. The largest absolute Gasteiger partial charge is 0.456 e. The minimum absolute atomic E-state index is 0.275. The molecule has 64 heavy (non-hydrogen) atoms. The van der Waals surface area contributed by atoms with E-state index in [1.165, 1.54) is 43.6 Å². The van der Waals surface area contributed by atoms with Gasteiger partial charge in [-0.1, -0.05) is 170 Å². The summed E-state index contributed by atoms with van der Waals surface area (Å²) in [6, 6.07) is 58.3. The number of rotatable bonds is 6. The molecule has 5 heteroatoms. The third kappa shape index (κ3) is 5.81. The first kappa shape index (κ1) is 36.5. The number of para-hydroxylation sites is 1. The zero-order valence-corrected chi connectivity index (χ0v) is 35.1. The maximum absolute atomic E-state index is 6.67. The summed E-state index contributed by atoms with van der Waals surface area (Å²) in [7, 11) is 0. The molecule has 13 rings (SSSR count). The second-order valence-electron chi connectivity index (χ2n) is 17.1. The number of nitrogens with zero attached hydrogens (tertiary/aromatic N) is 4. The molecule has 0 amide bonds. The van der Waals surface area contributed by atoms with Gasteiger partial charge >= 0.3 is 0 Å². The van der Waals surface area contributed by atoms with Gasteiger partial charge in [-0.05, 0) is 87.5 Å². The molecule has 0 aliphatic heterocycles. The van der Waals surface area contributed by atoms with E-state index in [-0.39, 0.29) is 5.92 Å². The number of fused-ring (bicyclic) bond motifs is 9. The van der Waals surface area contributed by atoms with Gasteiger partial charge in [0.05, 0.1) is 11.0 Å². The molecule has 11 aromatic rings. The van der Waals surface area contributed by atoms with Crippen LogP contribution in [0, 0.1) is 11.8 Å². The number of allylic oxidation sites excluding steroid dienone is 8. The molecule has 0 bridgehead atoms. The molecule has 5 nitrogen and oxygen atoms in total. The maximum Gasteiger partial charge on any atom is 0.164 e. The molecular weight excluding hydrogens is 781 g/mol. The number of furan rings is 1. The second-order valence-corrected chi connectivity index (χ2v) is 17.1. The molecular formula is C59H40N4O. The van der Waals surface area contributed by atoms with Gasteiger partial charge in [0.25, 0.3) is 0 Å². The summed E-state index contributed by atoms with van der Waals surface area (Å²) in [6.45, 7) is 2.27. The molecule has 0 saturated heterocycles. The Balaban J connectivity index is 1.03. The van der Waals surface area contributed by atoms with Crippen LogP contribution >= 0.6 is 0 Å². The van der Waals surface area contributed by atoms with E-state index in [9.17, 15) is 0 Å². The lowest BCUT2D eigenvalue weighted by Crippen LogP contribution is -2.10. The van der Waals surface area contributed by atoms with Crippen LogP contribution in [-0.2, 0) is 0 Å². The Morgan fingerprint density at radius 1 is 0.547 bits per heavy atom. The standard InChI is InChI=1S/C59H40N4O/c1-36-14-11-24-44(36)40-19-12-20-41(33-40)57-60-58(42-29-28-37-15-5-6-18-39(37)32-42)62-59(61-57)48-25-13-27-54-56(48)50-34-43(30-31-53(50)64-54)63-51-26-10-9-23-47(51)55-46-22-8-7-21-45(46)49(35-52(55)63)38-16-3-2-4-17-38/h2-18,20-36,40H,19H2,1H3/t36-,40?/m0/s1. The average molecular weight is 821 g/mol. The fourth-order valence-corrected chi connectivity index (χ4v) is 10.3. The van der Waals surface area contributed by atoms with E-state index < -0.39 is 0 Å². The topological polar surface area (TPSA) is 56.7 Å². The first-order valence-electron chi connectivity index (χ1n) is 22.1. The third-order valence-electron chi connectivity index (χ3n) is 13.4. The molecule has 0 N–H and O–H groups in total. The van der Waals surface area contributed by atoms with E-state index in [0.717, 1.165) is 67.2 Å². The van der Waals surface area contributed by atoms with Crippen molar-refractivity contribution in [2.75, 3.05) is 0 Å². The van der Waals surface area contributed by atoms with E-state index in [1.807, 2.05) is 12.1 Å². The molecule has 3 aromatic heterocycles. The highest BCUT2D eigenvalue weighted by molar-refractivity contribution is 6.24. The monoisotopic (exact) mass is 820 g/mol. The summed E-state index contributed by atoms with van der Waals surface area (Å²) in [4.78, 5) is 15.9. The van der Waals surface area contributed by atoms with Gasteiger partial charge in [0, 0.05) is 49.9 Å². The Kier molecular flexibility index (Phi) is 8.25. The summed E-state index contributed by atoms with van der Waals surface area (Å²) in [5.74, 6) is 2.58. The van der Waals surface area contributed by atoms with Crippen LogP contribution in [0.1, 0.15) is 19.2 Å². The van der Waals surface area contributed by atoms with Crippen molar-refractivity contribution in [2.24, 2.45) is 11.8 Å². The Labute approximate surface area is 369 Å². The van der Waals surface area contributed by atoms with Crippen molar-refractivity contribution < 1.29 is 4.42 Å². The van der Waals surface area contributed by atoms with Gasteiger partial charge in [-0.3, -0.25) is 0 Å². The minimum Gasteiger partial charge on any atom is -0.456 e. The van der Waals surface area contributed by atoms with Crippen LogP contribution in [0.15, 0.2) is 210 Å². The number of benzene rings is 8. The lowest BCUT2D eigenvalue weighted by Gasteiger charge is -2.21. The summed E-state index contributed by atoms with van der Waals surface area (Å²) in [6.07, 6.45) is 14.4. The van der Waals surface area contributed by atoms with Crippen LogP contribution in [0.2, 0.25) is 0 Å². The highest BCUT2D eigenvalue weighted by Crippen LogP contribution is 2.44. The third-order valence-corrected chi connectivity index (χ3v) is 13.4. The van der Waals surface area contributed by atoms with Crippen molar-refractivity contribution >= 4 is 70.9 Å². The fourth-order valence-electron chi connectivity index (χ4n) is 10.3. The van der Waals surface area contributed by atoms with Gasteiger partial charge < -0.3 is 8.98 Å². The second kappa shape index (κ2) is 14.5. The molecule has 2 aliphatic carbocycles. The van der Waals surface area contributed by atoms with Crippen molar-refractivity contribution in [3.8, 4) is 39.6 Å². The van der Waals surface area contributed by atoms with Crippen molar-refractivity contribution in [1.82, 2.24) is 19.5 Å². The predicted octanol–water partition coefficient (Wildman–Crippen LogP) is 15.3. The van der Waals surface area contributed by atoms with Crippen molar-refractivity contribution in [3.05, 3.63) is 212 Å². The van der Waals surface area contributed by atoms with Crippen LogP contribution in [0.4, 0.5) is 0 Å². The normalized spacial score (nSPS) is 16.2. The average Bonchev–Trinajstić information content (AvgIpc) is 4.06. The van der Waals surface area contributed by atoms with Gasteiger partial charge in [-0.25, -0.2) is 15.0 Å². The smallest absolute Gasteiger partial charge is 0.164 e. The van der Waals surface area contributed by atoms with Gasteiger partial charge in [0.15, 0.2) is 17.5 Å². The first-order chi connectivity index (χ1) is 31.6. The maximum atomic E-state index is 6.67. The van der Waals surface area contributed by atoms with Gasteiger partial charge in [-0.15, -0.1) is 0 Å². The molecule has 3 heterocycles. The van der Waals surface area contributed by atoms with Crippen LogP contribution < -0.4 is 0 Å². The van der Waals surface area contributed by atoms with Gasteiger partial charge in [0.1, 0.15) is 11.2 Å². The number of aromatic nitrogens is 4.